The smallest absolute Gasteiger partial charge is 0.257 e. The lowest BCUT2D eigenvalue weighted by atomic mass is 10.1. The lowest BCUT2D eigenvalue weighted by Gasteiger charge is -2.35. The largest absolute Gasteiger partial charge is 0.298 e. The first-order valence-electron chi connectivity index (χ1n) is 3.15. The molecule has 0 N–H and O–H groups in total. The average Bonchev–Trinajstić information content (AvgIpc) is 2.33. The van der Waals surface area contributed by atoms with Crippen LogP contribution >= 0.6 is 11.8 Å². The Labute approximate surface area is 63.6 Å². The van der Waals surface area contributed by atoms with Crippen LogP contribution in [0.3, 0.4) is 0 Å². The van der Waals surface area contributed by atoms with Gasteiger partial charge in [0.25, 0.3) is 5.91 Å². The fourth-order valence-electron chi connectivity index (χ4n) is 1.17. The fraction of sp³-hybridized carbons (Fsp3) is 0.286. The summed E-state index contributed by atoms with van der Waals surface area (Å²) in [5.74, 6) is 0.161. The second-order valence-corrected chi connectivity index (χ2v) is 3.22. The van der Waals surface area contributed by atoms with Gasteiger partial charge in [-0.15, -0.1) is 11.8 Å². The molecule has 1 amide bonds. The number of nitrogens with zero attached hydrogens (tertiary/aromatic N) is 1. The summed E-state index contributed by atoms with van der Waals surface area (Å²) < 4.78 is 0. The van der Waals surface area contributed by atoms with Gasteiger partial charge in [0.1, 0.15) is 5.37 Å². The number of hydrogen-bond acceptors (Lipinski definition) is 2. The maximum atomic E-state index is 11.1. The van der Waals surface area contributed by atoms with Crippen LogP contribution in [-0.4, -0.2) is 16.2 Å². The van der Waals surface area contributed by atoms with Gasteiger partial charge in [-0.25, -0.2) is 0 Å². The number of carbonyl (C=O) groups is 1. The quantitative estimate of drug-likeness (QED) is 0.386. The van der Waals surface area contributed by atoms with Crippen molar-refractivity contribution in [1.82, 2.24) is 4.90 Å². The minimum Gasteiger partial charge on any atom is -0.298 e. The molecule has 3 heteroatoms. The molecule has 1 atom stereocenters. The Morgan fingerprint density at radius 2 is 2.60 bits per heavy atom. The Morgan fingerprint density at radius 3 is 3.30 bits per heavy atom. The summed E-state index contributed by atoms with van der Waals surface area (Å²) in [6.45, 7) is 1.91. The molecule has 0 aliphatic carbocycles. The van der Waals surface area contributed by atoms with E-state index in [0.717, 1.165) is 5.57 Å². The third-order valence-corrected chi connectivity index (χ3v) is 2.76. The molecule has 2 aliphatic heterocycles. The van der Waals surface area contributed by atoms with Crippen molar-refractivity contribution in [2.45, 2.75) is 12.3 Å². The van der Waals surface area contributed by atoms with Crippen molar-refractivity contribution >= 4 is 17.7 Å². The van der Waals surface area contributed by atoms with E-state index in [1.165, 1.54) is 0 Å². The highest BCUT2D eigenvalue weighted by Gasteiger charge is 2.42. The van der Waals surface area contributed by atoms with Gasteiger partial charge in [0.2, 0.25) is 0 Å². The average molecular weight is 153 g/mol. The zero-order valence-electron chi connectivity index (χ0n) is 5.57. The van der Waals surface area contributed by atoms with Gasteiger partial charge in [-0.2, -0.15) is 0 Å². The standard InChI is InChI=1S/C7H7NOS/c1-2-5-6(9)8-3-4-10-7(5)8/h2-4,7H,1H3/b5-2-/t7-/m1/s1. The lowest BCUT2D eigenvalue weighted by Crippen LogP contribution is -2.47. The van der Waals surface area contributed by atoms with Crippen LogP contribution in [0.4, 0.5) is 0 Å². The Bertz CT molecular complexity index is 244. The number of hydrogen-bond donors (Lipinski definition) is 0. The molecule has 2 nitrogen and oxygen atoms in total. The molecule has 0 aromatic rings. The van der Waals surface area contributed by atoms with E-state index in [1.807, 2.05) is 24.6 Å². The van der Waals surface area contributed by atoms with Gasteiger partial charge in [0.15, 0.2) is 0 Å². The van der Waals surface area contributed by atoms with Crippen molar-refractivity contribution in [3.63, 3.8) is 0 Å². The van der Waals surface area contributed by atoms with E-state index in [4.69, 9.17) is 0 Å². The van der Waals surface area contributed by atoms with Gasteiger partial charge in [0.05, 0.1) is 0 Å². The number of allylic oxidation sites excluding steroid dienone is 1. The molecule has 2 rings (SSSR count). The van der Waals surface area contributed by atoms with Crippen LogP contribution in [0.2, 0.25) is 0 Å². The van der Waals surface area contributed by atoms with Crippen molar-refractivity contribution in [1.29, 1.82) is 0 Å². The second-order valence-electron chi connectivity index (χ2n) is 2.23. The first kappa shape index (κ1) is 6.04. The molecule has 0 aromatic heterocycles. The van der Waals surface area contributed by atoms with Crippen molar-refractivity contribution in [3.8, 4) is 0 Å². The molecule has 0 aromatic carbocycles. The molecule has 2 aliphatic rings. The van der Waals surface area contributed by atoms with Crippen molar-refractivity contribution in [2.75, 3.05) is 0 Å². The summed E-state index contributed by atoms with van der Waals surface area (Å²) in [7, 11) is 0. The van der Waals surface area contributed by atoms with Crippen molar-refractivity contribution in [2.24, 2.45) is 0 Å². The predicted molar refractivity (Wildman–Crippen MR) is 41.1 cm³/mol. The van der Waals surface area contributed by atoms with E-state index in [-0.39, 0.29) is 5.91 Å². The third-order valence-electron chi connectivity index (χ3n) is 1.74. The summed E-state index contributed by atoms with van der Waals surface area (Å²) >= 11 is 1.68. The zero-order valence-corrected chi connectivity index (χ0v) is 6.39. The molecule has 0 spiro atoms. The Balaban J connectivity index is 2.28. The Morgan fingerprint density at radius 1 is 1.80 bits per heavy atom. The van der Waals surface area contributed by atoms with Crippen LogP contribution in [-0.2, 0) is 4.79 Å². The number of fused-ring (bicyclic) bond motifs is 1. The van der Waals surface area contributed by atoms with Gasteiger partial charge >= 0.3 is 0 Å². The zero-order chi connectivity index (χ0) is 7.14. The second kappa shape index (κ2) is 1.89. The van der Waals surface area contributed by atoms with Crippen LogP contribution < -0.4 is 0 Å². The number of carbonyl (C=O) groups excluding carboxylic acids is 1. The number of amides is 1. The minimum absolute atomic E-state index is 0.161. The van der Waals surface area contributed by atoms with Crippen LogP contribution in [0.25, 0.3) is 0 Å². The van der Waals surface area contributed by atoms with E-state index >= 15 is 0 Å². The van der Waals surface area contributed by atoms with Gasteiger partial charge in [-0.3, -0.25) is 9.69 Å². The normalized spacial score (nSPS) is 32.9. The third kappa shape index (κ3) is 0.534. The summed E-state index contributed by atoms with van der Waals surface area (Å²) in [5, 5.41) is 2.26. The molecule has 0 radical (unpaired) electrons. The summed E-state index contributed by atoms with van der Waals surface area (Å²) in [6, 6.07) is 0. The molecule has 0 saturated carbocycles. The molecule has 2 heterocycles. The maximum absolute atomic E-state index is 11.1. The topological polar surface area (TPSA) is 20.3 Å². The summed E-state index contributed by atoms with van der Waals surface area (Å²) in [4.78, 5) is 12.8. The number of β-lactam (4-membered cyclic amide) rings is 1. The fourth-order valence-corrected chi connectivity index (χ4v) is 2.20. The number of thioether (sulfide) groups is 1. The highest BCUT2D eigenvalue weighted by Crippen LogP contribution is 2.39. The Kier molecular flexibility index (Phi) is 1.14. The van der Waals surface area contributed by atoms with Crippen LogP contribution in [0.5, 0.6) is 0 Å². The summed E-state index contributed by atoms with van der Waals surface area (Å²) in [5.41, 5.74) is 0.940. The van der Waals surface area contributed by atoms with Crippen molar-refractivity contribution in [3.05, 3.63) is 23.3 Å². The summed E-state index contributed by atoms with van der Waals surface area (Å²) in [6.07, 6.45) is 3.73. The minimum atomic E-state index is 0.161. The molecule has 0 unspecified atom stereocenters. The van der Waals surface area contributed by atoms with E-state index in [9.17, 15) is 4.79 Å². The number of rotatable bonds is 0. The highest BCUT2D eigenvalue weighted by molar-refractivity contribution is 8.03. The van der Waals surface area contributed by atoms with E-state index in [1.54, 1.807) is 16.7 Å². The highest BCUT2D eigenvalue weighted by atomic mass is 32.2. The molecular weight excluding hydrogens is 146 g/mol. The molecule has 1 saturated heterocycles. The molecule has 52 valence electrons. The SMILES string of the molecule is C/C=C1/C(=O)N2C=CS[C@H]12. The van der Waals surface area contributed by atoms with Gasteiger partial charge < -0.3 is 0 Å². The van der Waals surface area contributed by atoms with Gasteiger partial charge in [-0.1, -0.05) is 6.08 Å². The first-order valence-corrected chi connectivity index (χ1v) is 4.10. The molecular formula is C7H7NOS. The van der Waals surface area contributed by atoms with Crippen molar-refractivity contribution < 1.29 is 4.79 Å². The van der Waals surface area contributed by atoms with E-state index < -0.39 is 0 Å². The molecule has 0 bridgehead atoms. The first-order chi connectivity index (χ1) is 4.84. The lowest BCUT2D eigenvalue weighted by molar-refractivity contribution is -0.130. The van der Waals surface area contributed by atoms with E-state index in [2.05, 4.69) is 0 Å². The Hall–Kier alpha value is -0.700. The van der Waals surface area contributed by atoms with Crippen LogP contribution in [0, 0.1) is 0 Å². The maximum Gasteiger partial charge on any atom is 0.257 e. The monoisotopic (exact) mass is 153 g/mol. The predicted octanol–water partition coefficient (Wildman–Crippen LogP) is 1.32. The molecule has 1 fully saturated rings. The van der Waals surface area contributed by atoms with Crippen LogP contribution in [0.1, 0.15) is 6.92 Å². The van der Waals surface area contributed by atoms with Crippen LogP contribution in [0.15, 0.2) is 23.3 Å². The van der Waals surface area contributed by atoms with Gasteiger partial charge in [-0.05, 0) is 12.3 Å². The van der Waals surface area contributed by atoms with Gasteiger partial charge in [0, 0.05) is 11.8 Å². The molecule has 10 heavy (non-hydrogen) atoms. The van der Waals surface area contributed by atoms with E-state index in [0.29, 0.717) is 5.37 Å².